The molecule has 0 radical (unpaired) electrons. The zero-order chi connectivity index (χ0) is 23.9. The number of hydrogen-bond acceptors (Lipinski definition) is 2. The molecule has 0 spiro atoms. The van der Waals surface area contributed by atoms with Crippen molar-refractivity contribution in [2.45, 2.75) is 19.9 Å². The van der Waals surface area contributed by atoms with Crippen LogP contribution in [0.25, 0.3) is 11.1 Å². The van der Waals surface area contributed by atoms with Crippen molar-refractivity contribution in [1.29, 1.82) is 0 Å². The van der Waals surface area contributed by atoms with E-state index in [0.29, 0.717) is 12.1 Å². The number of aryl methyl sites for hydroxylation is 1. The number of halogens is 1. The first kappa shape index (κ1) is 22.9. The molecule has 5 heteroatoms. The van der Waals surface area contributed by atoms with E-state index in [-0.39, 0.29) is 24.1 Å². The van der Waals surface area contributed by atoms with Crippen molar-refractivity contribution in [3.8, 4) is 11.1 Å². The Morgan fingerprint density at radius 2 is 1.41 bits per heavy atom. The molecule has 2 amide bonds. The first-order valence-electron chi connectivity index (χ1n) is 11.1. The monoisotopic (exact) mass is 452 g/mol. The van der Waals surface area contributed by atoms with E-state index >= 15 is 0 Å². The Morgan fingerprint density at radius 1 is 0.765 bits per heavy atom. The molecule has 4 aromatic carbocycles. The summed E-state index contributed by atoms with van der Waals surface area (Å²) < 4.78 is 13.1. The highest BCUT2D eigenvalue weighted by Gasteiger charge is 2.15. The highest BCUT2D eigenvalue weighted by Crippen LogP contribution is 2.28. The molecular formula is C29H25FN2O2. The van der Waals surface area contributed by atoms with Gasteiger partial charge in [-0.15, -0.1) is 0 Å². The van der Waals surface area contributed by atoms with Crippen LogP contribution in [0.5, 0.6) is 0 Å². The van der Waals surface area contributed by atoms with Gasteiger partial charge in [0.05, 0.1) is 6.42 Å². The van der Waals surface area contributed by atoms with Crippen LogP contribution in [0.15, 0.2) is 97.1 Å². The van der Waals surface area contributed by atoms with E-state index < -0.39 is 0 Å². The minimum atomic E-state index is -0.330. The number of rotatable bonds is 7. The zero-order valence-corrected chi connectivity index (χ0v) is 18.8. The lowest BCUT2D eigenvalue weighted by Crippen LogP contribution is -2.25. The Labute approximate surface area is 198 Å². The molecule has 34 heavy (non-hydrogen) atoms. The minimum Gasteiger partial charge on any atom is -0.352 e. The average Bonchev–Trinajstić information content (AvgIpc) is 2.86. The molecule has 4 nitrogen and oxygen atoms in total. The fourth-order valence-electron chi connectivity index (χ4n) is 3.73. The lowest BCUT2D eigenvalue weighted by molar-refractivity contribution is -0.120. The van der Waals surface area contributed by atoms with Gasteiger partial charge in [-0.25, -0.2) is 4.39 Å². The summed E-state index contributed by atoms with van der Waals surface area (Å²) in [5.74, 6) is -0.690. The van der Waals surface area contributed by atoms with Gasteiger partial charge in [-0.1, -0.05) is 72.3 Å². The Morgan fingerprint density at radius 3 is 2.15 bits per heavy atom. The van der Waals surface area contributed by atoms with Crippen LogP contribution in [0, 0.1) is 12.7 Å². The Hall–Kier alpha value is -4.25. The molecule has 0 atom stereocenters. The van der Waals surface area contributed by atoms with Gasteiger partial charge in [-0.05, 0) is 59.5 Å². The number of carbonyl (C=O) groups is 2. The van der Waals surface area contributed by atoms with Gasteiger partial charge >= 0.3 is 0 Å². The van der Waals surface area contributed by atoms with Crippen LogP contribution < -0.4 is 10.6 Å². The highest BCUT2D eigenvalue weighted by atomic mass is 19.1. The van der Waals surface area contributed by atoms with E-state index in [9.17, 15) is 14.0 Å². The topological polar surface area (TPSA) is 58.2 Å². The molecule has 0 fully saturated rings. The molecule has 0 saturated heterocycles. The molecule has 170 valence electrons. The van der Waals surface area contributed by atoms with E-state index in [1.807, 2.05) is 73.7 Å². The fourth-order valence-corrected chi connectivity index (χ4v) is 3.73. The summed E-state index contributed by atoms with van der Waals surface area (Å²) in [5, 5.41) is 5.89. The molecule has 0 aliphatic rings. The van der Waals surface area contributed by atoms with Crippen molar-refractivity contribution >= 4 is 17.5 Å². The van der Waals surface area contributed by atoms with Gasteiger partial charge in [0, 0.05) is 17.8 Å². The van der Waals surface area contributed by atoms with Crippen LogP contribution in [0.1, 0.15) is 27.0 Å². The molecule has 0 aromatic heterocycles. The quantitative estimate of drug-likeness (QED) is 0.366. The van der Waals surface area contributed by atoms with Gasteiger partial charge in [-0.3, -0.25) is 9.59 Å². The lowest BCUT2D eigenvalue weighted by Gasteiger charge is -2.15. The van der Waals surface area contributed by atoms with E-state index in [1.54, 1.807) is 18.2 Å². The van der Waals surface area contributed by atoms with Gasteiger partial charge < -0.3 is 10.6 Å². The number of benzene rings is 4. The fraction of sp³-hybridized carbons (Fsp3) is 0.103. The summed E-state index contributed by atoms with van der Waals surface area (Å²) in [6.07, 6.45) is 0.165. The predicted molar refractivity (Wildman–Crippen MR) is 133 cm³/mol. The van der Waals surface area contributed by atoms with Gasteiger partial charge in [0.1, 0.15) is 5.82 Å². The molecule has 4 rings (SSSR count). The maximum absolute atomic E-state index is 13.1. The Balaban J connectivity index is 1.52. The van der Waals surface area contributed by atoms with Crippen molar-refractivity contribution in [3.63, 3.8) is 0 Å². The summed E-state index contributed by atoms with van der Waals surface area (Å²) >= 11 is 0. The van der Waals surface area contributed by atoms with Crippen LogP contribution in [0.2, 0.25) is 0 Å². The summed E-state index contributed by atoms with van der Waals surface area (Å²) in [5.41, 5.74) is 5.69. The molecule has 0 aliphatic heterocycles. The van der Waals surface area contributed by atoms with E-state index in [4.69, 9.17) is 0 Å². The van der Waals surface area contributed by atoms with E-state index in [2.05, 4.69) is 10.6 Å². The molecule has 2 N–H and O–H groups in total. The van der Waals surface area contributed by atoms with E-state index in [1.165, 1.54) is 12.1 Å². The smallest absolute Gasteiger partial charge is 0.256 e. The SMILES string of the molecule is Cc1ccc(NC(=O)c2ccccc2-c2ccccc2CNC(=O)Cc2ccc(F)cc2)cc1. The summed E-state index contributed by atoms with van der Waals surface area (Å²) in [6, 6.07) is 28.7. The van der Waals surface area contributed by atoms with Gasteiger partial charge in [0.15, 0.2) is 0 Å². The molecule has 4 aromatic rings. The molecule has 0 unspecified atom stereocenters. The van der Waals surface area contributed by atoms with Crippen molar-refractivity contribution in [2.75, 3.05) is 5.32 Å². The number of nitrogens with one attached hydrogen (secondary N) is 2. The first-order chi connectivity index (χ1) is 16.5. The van der Waals surface area contributed by atoms with Crippen LogP contribution in [0.4, 0.5) is 10.1 Å². The largest absolute Gasteiger partial charge is 0.352 e. The second kappa shape index (κ2) is 10.6. The lowest BCUT2D eigenvalue weighted by atomic mass is 9.94. The van der Waals surface area contributed by atoms with Crippen LogP contribution >= 0.6 is 0 Å². The van der Waals surface area contributed by atoms with E-state index in [0.717, 1.165) is 33.5 Å². The van der Waals surface area contributed by atoms with Gasteiger partial charge in [0.25, 0.3) is 5.91 Å². The number of hydrogen-bond donors (Lipinski definition) is 2. The Kier molecular flexibility index (Phi) is 7.13. The molecule has 0 aliphatic carbocycles. The second-order valence-electron chi connectivity index (χ2n) is 8.10. The third-order valence-corrected chi connectivity index (χ3v) is 5.54. The van der Waals surface area contributed by atoms with Crippen molar-refractivity contribution in [2.24, 2.45) is 0 Å². The van der Waals surface area contributed by atoms with Crippen LogP contribution in [-0.4, -0.2) is 11.8 Å². The second-order valence-corrected chi connectivity index (χ2v) is 8.10. The standard InChI is InChI=1S/C29H25FN2O2/c1-20-10-16-24(17-11-20)32-29(34)27-9-5-4-8-26(27)25-7-3-2-6-22(25)19-31-28(33)18-21-12-14-23(30)15-13-21/h2-17H,18-19H2,1H3,(H,31,33)(H,32,34). The summed E-state index contributed by atoms with van der Waals surface area (Å²) in [4.78, 5) is 25.5. The molecule has 0 bridgehead atoms. The zero-order valence-electron chi connectivity index (χ0n) is 18.8. The maximum atomic E-state index is 13.1. The normalized spacial score (nSPS) is 10.5. The van der Waals surface area contributed by atoms with Crippen LogP contribution in [-0.2, 0) is 17.8 Å². The molecular weight excluding hydrogens is 427 g/mol. The number of carbonyl (C=O) groups excluding carboxylic acids is 2. The van der Waals surface area contributed by atoms with Crippen LogP contribution in [0.3, 0.4) is 0 Å². The number of anilines is 1. The molecule has 0 heterocycles. The highest BCUT2D eigenvalue weighted by molar-refractivity contribution is 6.08. The molecule has 0 saturated carbocycles. The summed E-state index contributed by atoms with van der Waals surface area (Å²) in [6.45, 7) is 2.31. The third-order valence-electron chi connectivity index (χ3n) is 5.54. The average molecular weight is 453 g/mol. The number of amides is 2. The maximum Gasteiger partial charge on any atom is 0.256 e. The summed E-state index contributed by atoms with van der Waals surface area (Å²) in [7, 11) is 0. The van der Waals surface area contributed by atoms with Crippen molar-refractivity contribution in [1.82, 2.24) is 5.32 Å². The Bertz CT molecular complexity index is 1300. The van der Waals surface area contributed by atoms with Crippen molar-refractivity contribution in [3.05, 3.63) is 125 Å². The minimum absolute atomic E-state index is 0.160. The third kappa shape index (κ3) is 5.75. The van der Waals surface area contributed by atoms with Gasteiger partial charge in [-0.2, -0.15) is 0 Å². The first-order valence-corrected chi connectivity index (χ1v) is 11.1. The predicted octanol–water partition coefficient (Wildman–Crippen LogP) is 5.91. The van der Waals surface area contributed by atoms with Crippen molar-refractivity contribution < 1.29 is 14.0 Å². The van der Waals surface area contributed by atoms with Gasteiger partial charge in [0.2, 0.25) is 5.91 Å².